The number of hydrogen-bond acceptors (Lipinski definition) is 2. The summed E-state index contributed by atoms with van der Waals surface area (Å²) in [5.41, 5.74) is 1.93. The maximum Gasteiger partial charge on any atom is 0.133 e. The average Bonchev–Trinajstić information content (AvgIpc) is 3.15. The van der Waals surface area contributed by atoms with Gasteiger partial charge in [-0.25, -0.2) is 8.78 Å². The normalized spacial score (nSPS) is 14.8. The van der Waals surface area contributed by atoms with E-state index in [-0.39, 0.29) is 5.56 Å². The van der Waals surface area contributed by atoms with Crippen molar-refractivity contribution < 1.29 is 8.78 Å². The minimum Gasteiger partial charge on any atom is -0.310 e. The van der Waals surface area contributed by atoms with E-state index in [1.54, 1.807) is 18.7 Å². The van der Waals surface area contributed by atoms with Crippen LogP contribution in [0.5, 0.6) is 0 Å². The molecule has 1 aliphatic rings. The second kappa shape index (κ2) is 4.98. The summed E-state index contributed by atoms with van der Waals surface area (Å²) >= 11 is 0. The van der Waals surface area contributed by atoms with Gasteiger partial charge in [-0.2, -0.15) is 5.10 Å². The van der Waals surface area contributed by atoms with Crippen LogP contribution in [0.4, 0.5) is 8.78 Å². The van der Waals surface area contributed by atoms with Gasteiger partial charge < -0.3 is 5.32 Å². The van der Waals surface area contributed by atoms with Crippen molar-refractivity contribution in [3.05, 3.63) is 41.1 Å². The van der Waals surface area contributed by atoms with Gasteiger partial charge in [-0.1, -0.05) is 0 Å². The van der Waals surface area contributed by atoms with Gasteiger partial charge in [0, 0.05) is 37.0 Å². The standard InChI is InChI=1S/C15H17F2N3/c1-9-5-14(17)12(6-13(9)16)15-10(8-20(2)19-15)7-18-11-3-4-11/h5-6,8,11,18H,3-4,7H2,1-2H3. The molecule has 2 aromatic rings. The molecule has 0 spiro atoms. The SMILES string of the molecule is Cc1cc(F)c(-c2nn(C)cc2CNC2CC2)cc1F. The largest absolute Gasteiger partial charge is 0.310 e. The Morgan fingerprint density at radius 3 is 2.75 bits per heavy atom. The maximum atomic E-state index is 14.1. The van der Waals surface area contributed by atoms with Crippen LogP contribution in [0.3, 0.4) is 0 Å². The van der Waals surface area contributed by atoms with Crippen molar-refractivity contribution in [3.8, 4) is 11.3 Å². The van der Waals surface area contributed by atoms with Gasteiger partial charge in [-0.15, -0.1) is 0 Å². The number of benzene rings is 1. The van der Waals surface area contributed by atoms with E-state index in [0.717, 1.165) is 5.56 Å². The highest BCUT2D eigenvalue weighted by atomic mass is 19.1. The van der Waals surface area contributed by atoms with Crippen LogP contribution in [0.2, 0.25) is 0 Å². The second-order valence-electron chi connectivity index (χ2n) is 5.41. The quantitative estimate of drug-likeness (QED) is 0.931. The minimum atomic E-state index is -0.435. The van der Waals surface area contributed by atoms with E-state index in [1.807, 2.05) is 6.20 Å². The van der Waals surface area contributed by atoms with Gasteiger partial charge in [-0.3, -0.25) is 4.68 Å². The zero-order valence-electron chi connectivity index (χ0n) is 11.6. The summed E-state index contributed by atoms with van der Waals surface area (Å²) in [6.07, 6.45) is 4.22. The number of aryl methyl sites for hydroxylation is 2. The first kappa shape index (κ1) is 13.2. The molecule has 1 aromatic heterocycles. The molecular weight excluding hydrogens is 260 g/mol. The molecular formula is C15H17F2N3. The predicted octanol–water partition coefficient (Wildman–Crippen LogP) is 2.93. The molecule has 0 saturated heterocycles. The lowest BCUT2D eigenvalue weighted by atomic mass is 10.0. The minimum absolute atomic E-state index is 0.223. The summed E-state index contributed by atoms with van der Waals surface area (Å²) in [6, 6.07) is 3.01. The molecule has 0 unspecified atom stereocenters. The van der Waals surface area contributed by atoms with Crippen LogP contribution >= 0.6 is 0 Å². The highest BCUT2D eigenvalue weighted by molar-refractivity contribution is 5.64. The molecule has 1 fully saturated rings. The predicted molar refractivity (Wildman–Crippen MR) is 73.2 cm³/mol. The Morgan fingerprint density at radius 2 is 2.05 bits per heavy atom. The molecule has 3 nitrogen and oxygen atoms in total. The third-order valence-electron chi connectivity index (χ3n) is 3.57. The fraction of sp³-hybridized carbons (Fsp3) is 0.400. The highest BCUT2D eigenvalue weighted by Gasteiger charge is 2.22. The number of halogens is 2. The lowest BCUT2D eigenvalue weighted by Gasteiger charge is -2.06. The summed E-state index contributed by atoms with van der Waals surface area (Å²) in [5, 5.41) is 7.65. The van der Waals surface area contributed by atoms with Crippen LogP contribution in [0.25, 0.3) is 11.3 Å². The molecule has 1 N–H and O–H groups in total. The Bertz CT molecular complexity index is 645. The fourth-order valence-electron chi connectivity index (χ4n) is 2.26. The molecule has 20 heavy (non-hydrogen) atoms. The average molecular weight is 277 g/mol. The highest BCUT2D eigenvalue weighted by Crippen LogP contribution is 2.28. The van der Waals surface area contributed by atoms with Crippen molar-refractivity contribution in [2.24, 2.45) is 7.05 Å². The topological polar surface area (TPSA) is 29.9 Å². The Balaban J connectivity index is 1.97. The molecule has 0 bridgehead atoms. The fourth-order valence-corrected chi connectivity index (χ4v) is 2.26. The molecule has 1 aromatic carbocycles. The van der Waals surface area contributed by atoms with Crippen LogP contribution in [0, 0.1) is 18.6 Å². The van der Waals surface area contributed by atoms with Crippen molar-refractivity contribution in [1.29, 1.82) is 0 Å². The van der Waals surface area contributed by atoms with Crippen LogP contribution in [0.15, 0.2) is 18.3 Å². The summed E-state index contributed by atoms with van der Waals surface area (Å²) in [5.74, 6) is -0.844. The number of rotatable bonds is 4. The molecule has 106 valence electrons. The first-order valence-corrected chi connectivity index (χ1v) is 6.76. The van der Waals surface area contributed by atoms with Gasteiger partial charge in [0.1, 0.15) is 11.6 Å². The van der Waals surface area contributed by atoms with Gasteiger partial charge in [-0.05, 0) is 37.5 Å². The van der Waals surface area contributed by atoms with Crippen molar-refractivity contribution in [2.75, 3.05) is 0 Å². The van der Waals surface area contributed by atoms with Gasteiger partial charge in [0.05, 0.1) is 5.69 Å². The van der Waals surface area contributed by atoms with E-state index in [0.29, 0.717) is 23.8 Å². The van der Waals surface area contributed by atoms with Crippen molar-refractivity contribution in [2.45, 2.75) is 32.4 Å². The van der Waals surface area contributed by atoms with Gasteiger partial charge in [0.15, 0.2) is 0 Å². The van der Waals surface area contributed by atoms with Gasteiger partial charge in [0.25, 0.3) is 0 Å². The summed E-state index contributed by atoms with van der Waals surface area (Å²) in [6.45, 7) is 2.18. The number of hydrogen-bond donors (Lipinski definition) is 1. The molecule has 0 aliphatic heterocycles. The lowest BCUT2D eigenvalue weighted by molar-refractivity contribution is 0.594. The molecule has 0 atom stereocenters. The van der Waals surface area contributed by atoms with E-state index in [2.05, 4.69) is 10.4 Å². The van der Waals surface area contributed by atoms with Crippen LogP contribution in [0.1, 0.15) is 24.0 Å². The molecule has 1 heterocycles. The van der Waals surface area contributed by atoms with Gasteiger partial charge in [0.2, 0.25) is 0 Å². The Morgan fingerprint density at radius 1 is 1.30 bits per heavy atom. The van der Waals surface area contributed by atoms with E-state index in [4.69, 9.17) is 0 Å². The second-order valence-corrected chi connectivity index (χ2v) is 5.41. The zero-order valence-corrected chi connectivity index (χ0v) is 11.6. The first-order valence-electron chi connectivity index (χ1n) is 6.76. The third-order valence-corrected chi connectivity index (χ3v) is 3.57. The molecule has 0 radical (unpaired) electrons. The monoisotopic (exact) mass is 277 g/mol. The first-order chi connectivity index (χ1) is 9.54. The van der Waals surface area contributed by atoms with Crippen molar-refractivity contribution in [3.63, 3.8) is 0 Å². The number of nitrogens with one attached hydrogen (secondary N) is 1. The molecule has 1 aliphatic carbocycles. The van der Waals surface area contributed by atoms with E-state index < -0.39 is 11.6 Å². The number of nitrogens with zero attached hydrogens (tertiary/aromatic N) is 2. The summed E-state index contributed by atoms with van der Waals surface area (Å²) in [4.78, 5) is 0. The van der Waals surface area contributed by atoms with Crippen LogP contribution < -0.4 is 5.32 Å². The molecule has 3 rings (SSSR count). The Labute approximate surface area is 116 Å². The number of aromatic nitrogens is 2. The summed E-state index contributed by atoms with van der Waals surface area (Å²) < 4.78 is 29.4. The molecule has 0 amide bonds. The Hall–Kier alpha value is -1.75. The summed E-state index contributed by atoms with van der Waals surface area (Å²) in [7, 11) is 1.78. The molecule has 5 heteroatoms. The van der Waals surface area contributed by atoms with Gasteiger partial charge >= 0.3 is 0 Å². The van der Waals surface area contributed by atoms with Crippen LogP contribution in [-0.2, 0) is 13.6 Å². The smallest absolute Gasteiger partial charge is 0.133 e. The van der Waals surface area contributed by atoms with E-state index in [9.17, 15) is 8.78 Å². The van der Waals surface area contributed by atoms with Crippen molar-refractivity contribution in [1.82, 2.24) is 15.1 Å². The van der Waals surface area contributed by atoms with E-state index in [1.165, 1.54) is 25.0 Å². The maximum absolute atomic E-state index is 14.1. The van der Waals surface area contributed by atoms with Crippen LogP contribution in [-0.4, -0.2) is 15.8 Å². The Kier molecular flexibility index (Phi) is 3.30. The van der Waals surface area contributed by atoms with Crippen molar-refractivity contribution >= 4 is 0 Å². The lowest BCUT2D eigenvalue weighted by Crippen LogP contribution is -2.15. The van der Waals surface area contributed by atoms with E-state index >= 15 is 0 Å². The third kappa shape index (κ3) is 2.58. The molecule has 1 saturated carbocycles. The zero-order chi connectivity index (χ0) is 14.3.